The van der Waals surface area contributed by atoms with Crippen molar-refractivity contribution in [2.45, 2.75) is 11.3 Å². The van der Waals surface area contributed by atoms with Crippen LogP contribution in [0.5, 0.6) is 5.75 Å². The Labute approximate surface area is 111 Å². The maximum absolute atomic E-state index is 12.0. The van der Waals surface area contributed by atoms with Gasteiger partial charge in [0.1, 0.15) is 5.75 Å². The molecule has 2 rings (SSSR count). The molecule has 0 spiro atoms. The second-order valence-electron chi connectivity index (χ2n) is 3.91. The van der Waals surface area contributed by atoms with Crippen LogP contribution in [-0.2, 0) is 16.4 Å². The monoisotopic (exact) mass is 281 g/mol. The van der Waals surface area contributed by atoms with E-state index in [1.807, 2.05) is 6.07 Å². The van der Waals surface area contributed by atoms with E-state index in [2.05, 4.69) is 14.9 Å². The predicted molar refractivity (Wildman–Crippen MR) is 70.5 cm³/mol. The van der Waals surface area contributed by atoms with Crippen molar-refractivity contribution < 1.29 is 13.2 Å². The Balaban J connectivity index is 1.97. The topological polar surface area (TPSA) is 84.1 Å². The Hall–Kier alpha value is -1.86. The molecule has 1 aromatic carbocycles. The first-order valence-corrected chi connectivity index (χ1v) is 7.22. The average Bonchev–Trinajstić information content (AvgIpc) is 2.92. The molecule has 1 aromatic heterocycles. The summed E-state index contributed by atoms with van der Waals surface area (Å²) in [5.41, 5.74) is 0.887. The van der Waals surface area contributed by atoms with E-state index in [0.29, 0.717) is 18.7 Å². The molecule has 0 unspecified atom stereocenters. The molecule has 0 saturated heterocycles. The van der Waals surface area contributed by atoms with Gasteiger partial charge in [0.05, 0.1) is 12.0 Å². The number of sulfonamides is 1. The summed E-state index contributed by atoms with van der Waals surface area (Å²) in [4.78, 5) is 0.220. The van der Waals surface area contributed by atoms with Crippen LogP contribution in [0, 0.1) is 0 Å². The molecule has 102 valence electrons. The van der Waals surface area contributed by atoms with Crippen molar-refractivity contribution in [1.29, 1.82) is 0 Å². The summed E-state index contributed by atoms with van der Waals surface area (Å²) in [6.45, 7) is 0.316. The molecule has 0 radical (unpaired) electrons. The summed E-state index contributed by atoms with van der Waals surface area (Å²) in [5.74, 6) is 0.622. The van der Waals surface area contributed by atoms with Crippen molar-refractivity contribution in [3.05, 3.63) is 42.2 Å². The van der Waals surface area contributed by atoms with Crippen molar-refractivity contribution >= 4 is 10.0 Å². The maximum Gasteiger partial charge on any atom is 0.240 e. The second kappa shape index (κ2) is 5.85. The minimum Gasteiger partial charge on any atom is -0.497 e. The van der Waals surface area contributed by atoms with Gasteiger partial charge in [-0.05, 0) is 30.3 Å². The number of methoxy groups -OCH3 is 1. The summed E-state index contributed by atoms with van der Waals surface area (Å²) in [6.07, 6.45) is 2.20. The molecule has 1 heterocycles. The molecule has 0 aliphatic heterocycles. The van der Waals surface area contributed by atoms with Crippen molar-refractivity contribution in [3.8, 4) is 5.75 Å². The van der Waals surface area contributed by atoms with E-state index in [1.165, 1.54) is 19.2 Å². The minimum absolute atomic E-state index is 0.220. The van der Waals surface area contributed by atoms with E-state index in [0.717, 1.165) is 5.69 Å². The van der Waals surface area contributed by atoms with E-state index in [4.69, 9.17) is 4.74 Å². The Morgan fingerprint density at radius 3 is 2.58 bits per heavy atom. The van der Waals surface area contributed by atoms with Gasteiger partial charge in [0.2, 0.25) is 10.0 Å². The molecule has 0 saturated carbocycles. The van der Waals surface area contributed by atoms with Crippen molar-refractivity contribution in [2.24, 2.45) is 0 Å². The largest absolute Gasteiger partial charge is 0.497 e. The van der Waals surface area contributed by atoms with Gasteiger partial charge in [-0.1, -0.05) is 0 Å². The normalized spacial score (nSPS) is 11.4. The summed E-state index contributed by atoms with van der Waals surface area (Å²) in [6, 6.07) is 8.06. The number of hydrogen-bond donors (Lipinski definition) is 2. The van der Waals surface area contributed by atoms with Crippen LogP contribution in [0.25, 0.3) is 0 Å². The predicted octanol–water partition coefficient (Wildman–Crippen LogP) is 0.939. The molecule has 6 nitrogen and oxygen atoms in total. The lowest BCUT2D eigenvalue weighted by molar-refractivity contribution is 0.414. The van der Waals surface area contributed by atoms with E-state index < -0.39 is 10.0 Å². The molecule has 0 amide bonds. The summed E-state index contributed by atoms with van der Waals surface area (Å²) >= 11 is 0. The fourth-order valence-electron chi connectivity index (χ4n) is 1.58. The highest BCUT2D eigenvalue weighted by molar-refractivity contribution is 7.89. The smallest absolute Gasteiger partial charge is 0.240 e. The van der Waals surface area contributed by atoms with Crippen molar-refractivity contribution in [3.63, 3.8) is 0 Å². The third kappa shape index (κ3) is 3.55. The molecular weight excluding hydrogens is 266 g/mol. The van der Waals surface area contributed by atoms with Gasteiger partial charge in [-0.2, -0.15) is 5.10 Å². The molecule has 19 heavy (non-hydrogen) atoms. The van der Waals surface area contributed by atoms with E-state index >= 15 is 0 Å². The number of ether oxygens (including phenoxy) is 1. The van der Waals surface area contributed by atoms with Crippen LogP contribution in [-0.4, -0.2) is 32.3 Å². The first-order valence-electron chi connectivity index (χ1n) is 5.74. The quantitative estimate of drug-likeness (QED) is 0.825. The zero-order valence-electron chi connectivity index (χ0n) is 10.5. The van der Waals surface area contributed by atoms with Gasteiger partial charge in [-0.3, -0.25) is 5.10 Å². The number of nitrogens with one attached hydrogen (secondary N) is 2. The van der Waals surface area contributed by atoms with Crippen LogP contribution < -0.4 is 9.46 Å². The zero-order chi connectivity index (χ0) is 13.7. The maximum atomic E-state index is 12.0. The lowest BCUT2D eigenvalue weighted by atomic mass is 10.3. The number of benzene rings is 1. The highest BCUT2D eigenvalue weighted by Crippen LogP contribution is 2.15. The zero-order valence-corrected chi connectivity index (χ0v) is 11.3. The summed E-state index contributed by atoms with van der Waals surface area (Å²) < 4.78 is 31.5. The van der Waals surface area contributed by atoms with Gasteiger partial charge in [0, 0.05) is 24.9 Å². The van der Waals surface area contributed by atoms with Gasteiger partial charge in [0.15, 0.2) is 0 Å². The molecule has 0 fully saturated rings. The first-order chi connectivity index (χ1) is 9.12. The van der Waals surface area contributed by atoms with Crippen LogP contribution in [0.2, 0.25) is 0 Å². The van der Waals surface area contributed by atoms with Crippen LogP contribution >= 0.6 is 0 Å². The molecule has 0 atom stereocenters. The number of aromatic nitrogens is 2. The standard InChI is InChI=1S/C12H15N3O3S/c1-18-11-2-4-12(5-3-11)19(16,17)14-9-7-10-6-8-13-15-10/h2-6,8,14H,7,9H2,1H3,(H,13,15). The number of H-pyrrole nitrogens is 1. The van der Waals surface area contributed by atoms with Gasteiger partial charge in [-0.15, -0.1) is 0 Å². The Kier molecular flexibility index (Phi) is 4.18. The Morgan fingerprint density at radius 2 is 2.00 bits per heavy atom. The van der Waals surface area contributed by atoms with Gasteiger partial charge in [-0.25, -0.2) is 13.1 Å². The van der Waals surface area contributed by atoms with Crippen LogP contribution in [0.3, 0.4) is 0 Å². The van der Waals surface area contributed by atoms with E-state index in [1.54, 1.807) is 18.3 Å². The molecule has 2 N–H and O–H groups in total. The minimum atomic E-state index is -3.48. The third-order valence-electron chi connectivity index (χ3n) is 2.61. The highest BCUT2D eigenvalue weighted by Gasteiger charge is 2.13. The first kappa shape index (κ1) is 13.6. The van der Waals surface area contributed by atoms with Gasteiger partial charge >= 0.3 is 0 Å². The summed E-state index contributed by atoms with van der Waals surface area (Å²) in [5, 5.41) is 6.58. The number of rotatable bonds is 6. The lowest BCUT2D eigenvalue weighted by Gasteiger charge is -2.06. The van der Waals surface area contributed by atoms with Gasteiger partial charge in [0.25, 0.3) is 0 Å². The van der Waals surface area contributed by atoms with Gasteiger partial charge < -0.3 is 4.74 Å². The second-order valence-corrected chi connectivity index (χ2v) is 5.67. The average molecular weight is 281 g/mol. The fraction of sp³-hybridized carbons (Fsp3) is 0.250. The molecule has 0 aliphatic rings. The third-order valence-corrected chi connectivity index (χ3v) is 4.09. The highest BCUT2D eigenvalue weighted by atomic mass is 32.2. The Morgan fingerprint density at radius 1 is 1.26 bits per heavy atom. The molecule has 0 aliphatic carbocycles. The fourth-order valence-corrected chi connectivity index (χ4v) is 2.61. The molecule has 7 heteroatoms. The molecular formula is C12H15N3O3S. The van der Waals surface area contributed by atoms with E-state index in [-0.39, 0.29) is 4.90 Å². The molecule has 0 bridgehead atoms. The SMILES string of the molecule is COc1ccc(S(=O)(=O)NCCc2ccn[nH]2)cc1. The summed E-state index contributed by atoms with van der Waals surface area (Å²) in [7, 11) is -1.94. The van der Waals surface area contributed by atoms with E-state index in [9.17, 15) is 8.42 Å². The number of nitrogens with zero attached hydrogens (tertiary/aromatic N) is 1. The molecule has 2 aromatic rings. The number of aromatic amines is 1. The van der Waals surface area contributed by atoms with Crippen LogP contribution in [0.15, 0.2) is 41.4 Å². The van der Waals surface area contributed by atoms with Crippen LogP contribution in [0.4, 0.5) is 0 Å². The van der Waals surface area contributed by atoms with Crippen LogP contribution in [0.1, 0.15) is 5.69 Å². The van der Waals surface area contributed by atoms with Crippen molar-refractivity contribution in [2.75, 3.05) is 13.7 Å². The Bertz CT molecular complexity index is 606. The number of hydrogen-bond acceptors (Lipinski definition) is 4. The lowest BCUT2D eigenvalue weighted by Crippen LogP contribution is -2.26. The van der Waals surface area contributed by atoms with Crippen molar-refractivity contribution in [1.82, 2.24) is 14.9 Å².